The molecule has 3 aromatic heterocycles. The Morgan fingerprint density at radius 3 is 2.57 bits per heavy atom. The molecule has 0 radical (unpaired) electrons. The predicted octanol–water partition coefficient (Wildman–Crippen LogP) is 6.36. The summed E-state index contributed by atoms with van der Waals surface area (Å²) in [5, 5.41) is 4.24. The maximum Gasteiger partial charge on any atom is 0.254 e. The van der Waals surface area contributed by atoms with Crippen LogP contribution >= 0.6 is 0 Å². The maximum atomic E-state index is 13.7. The quantitative estimate of drug-likeness (QED) is 0.253. The maximum absolute atomic E-state index is 13.7. The van der Waals surface area contributed by atoms with Gasteiger partial charge in [0, 0.05) is 43.0 Å². The normalized spacial score (nSPS) is 19.7. The molecule has 0 unspecified atom stereocenters. The molecule has 5 heterocycles. The molecule has 2 aliphatic rings. The molecule has 4 aromatic rings. The summed E-state index contributed by atoms with van der Waals surface area (Å²) in [5.74, 6) is 2.17. The number of benzene rings is 1. The lowest BCUT2D eigenvalue weighted by Gasteiger charge is -2.32. The van der Waals surface area contributed by atoms with Crippen molar-refractivity contribution in [2.75, 3.05) is 26.7 Å². The number of nitrogens with two attached hydrogens (primary N) is 1. The minimum Gasteiger partial charge on any atom is -0.494 e. The van der Waals surface area contributed by atoms with E-state index in [0.717, 1.165) is 123 Å². The number of likely N-dealkylation sites (tertiary alicyclic amines) is 1. The fourth-order valence-corrected chi connectivity index (χ4v) is 7.40. The lowest BCUT2D eigenvalue weighted by Crippen LogP contribution is -2.38. The van der Waals surface area contributed by atoms with Gasteiger partial charge in [-0.1, -0.05) is 33.1 Å². The van der Waals surface area contributed by atoms with Gasteiger partial charge in [-0.15, -0.1) is 0 Å². The van der Waals surface area contributed by atoms with Crippen LogP contribution in [0, 0.1) is 11.3 Å². The Labute approximate surface area is 278 Å². The lowest BCUT2D eigenvalue weighted by atomic mass is 9.85. The zero-order valence-electron chi connectivity index (χ0n) is 28.8. The number of carbonyl (C=O) groups is 2. The van der Waals surface area contributed by atoms with E-state index in [2.05, 4.69) is 26.6 Å². The van der Waals surface area contributed by atoms with Crippen molar-refractivity contribution >= 4 is 33.9 Å². The van der Waals surface area contributed by atoms with Crippen molar-refractivity contribution in [3.05, 3.63) is 41.6 Å². The summed E-state index contributed by atoms with van der Waals surface area (Å²) < 4.78 is 10.2. The second kappa shape index (κ2) is 13.7. The van der Waals surface area contributed by atoms with E-state index in [0.29, 0.717) is 17.2 Å². The van der Waals surface area contributed by atoms with Gasteiger partial charge in [0.1, 0.15) is 16.9 Å². The van der Waals surface area contributed by atoms with Crippen molar-refractivity contribution < 1.29 is 14.3 Å². The van der Waals surface area contributed by atoms with E-state index in [1.54, 1.807) is 7.11 Å². The van der Waals surface area contributed by atoms with Gasteiger partial charge in [-0.25, -0.2) is 9.97 Å². The predicted molar refractivity (Wildman–Crippen MR) is 186 cm³/mol. The summed E-state index contributed by atoms with van der Waals surface area (Å²) in [5.41, 5.74) is 10.2. The Hall–Kier alpha value is -3.92. The number of carbonyl (C=O) groups excluding carboxylic acids is 2. The van der Waals surface area contributed by atoms with E-state index in [4.69, 9.17) is 20.4 Å². The molecule has 252 valence electrons. The lowest BCUT2D eigenvalue weighted by molar-refractivity contribution is -0.130. The summed E-state index contributed by atoms with van der Waals surface area (Å²) in [6, 6.07) is 9.83. The minimum absolute atomic E-state index is 0.0262. The number of ether oxygens (including phenoxy) is 1. The van der Waals surface area contributed by atoms with Gasteiger partial charge in [-0.2, -0.15) is 0 Å². The molecule has 2 amide bonds. The molecule has 3 N–H and O–H groups in total. The molecule has 10 heteroatoms. The number of piperidine rings is 1. The van der Waals surface area contributed by atoms with Gasteiger partial charge in [-0.05, 0) is 88.2 Å². The van der Waals surface area contributed by atoms with E-state index >= 15 is 0 Å². The first-order valence-corrected chi connectivity index (χ1v) is 17.5. The fourth-order valence-electron chi connectivity index (χ4n) is 7.40. The Balaban J connectivity index is 1.36. The summed E-state index contributed by atoms with van der Waals surface area (Å²) >= 11 is 0. The summed E-state index contributed by atoms with van der Waals surface area (Å²) in [4.78, 5) is 39.1. The van der Waals surface area contributed by atoms with Crippen molar-refractivity contribution in [3.8, 4) is 17.3 Å². The summed E-state index contributed by atoms with van der Waals surface area (Å²) in [7, 11) is 3.66. The Morgan fingerprint density at radius 1 is 1.06 bits per heavy atom. The number of imidazole rings is 1. The fraction of sp³-hybridized carbons (Fsp3) is 0.568. The number of rotatable bonds is 6. The number of amides is 2. The standard InChI is InChI=1S/C37H51N7O3/c1-24-28-13-12-26-22-30(44(33(26)40-28)18-9-7-6-8-16-37(2,3)36(46)39-24)34-41-29-21-27(23-31(47-5)32(29)42(34)4)35(45)43-19-14-25(15-20-43)11-10-17-38/h12-13,21-25H,6-11,14-20,38H2,1-5H3,(H,39,46)/t24-/m1/s1. The zero-order valence-corrected chi connectivity index (χ0v) is 28.8. The molecule has 10 nitrogen and oxygen atoms in total. The van der Waals surface area contributed by atoms with Crippen molar-refractivity contribution in [1.82, 2.24) is 29.3 Å². The van der Waals surface area contributed by atoms with Crippen LogP contribution < -0.4 is 15.8 Å². The van der Waals surface area contributed by atoms with Gasteiger partial charge in [0.25, 0.3) is 5.91 Å². The highest BCUT2D eigenvalue weighted by Gasteiger charge is 2.30. The molecule has 0 aliphatic carbocycles. The first-order valence-electron chi connectivity index (χ1n) is 17.5. The van der Waals surface area contributed by atoms with Crippen LogP contribution in [0.15, 0.2) is 30.3 Å². The molecule has 1 fully saturated rings. The van der Waals surface area contributed by atoms with Gasteiger partial charge in [0.15, 0.2) is 5.82 Å². The van der Waals surface area contributed by atoms with Gasteiger partial charge in [-0.3, -0.25) is 9.59 Å². The molecule has 2 bridgehead atoms. The van der Waals surface area contributed by atoms with Crippen LogP contribution in [0.25, 0.3) is 33.6 Å². The number of hydrogen-bond acceptors (Lipinski definition) is 6. The number of hydrogen-bond donors (Lipinski definition) is 2. The second-order valence-corrected chi connectivity index (χ2v) is 14.3. The van der Waals surface area contributed by atoms with E-state index in [1.165, 1.54) is 0 Å². The van der Waals surface area contributed by atoms with Crippen LogP contribution in [0.5, 0.6) is 5.75 Å². The van der Waals surface area contributed by atoms with E-state index in [9.17, 15) is 9.59 Å². The number of methoxy groups -OCH3 is 1. The molecule has 1 aromatic carbocycles. The summed E-state index contributed by atoms with van der Waals surface area (Å²) in [6.45, 7) is 9.13. The van der Waals surface area contributed by atoms with Crippen molar-refractivity contribution in [2.45, 2.75) is 91.1 Å². The summed E-state index contributed by atoms with van der Waals surface area (Å²) in [6.07, 6.45) is 9.23. The third kappa shape index (κ3) is 6.62. The molecule has 47 heavy (non-hydrogen) atoms. The number of nitrogens with one attached hydrogen (secondary N) is 1. The highest BCUT2D eigenvalue weighted by atomic mass is 16.5. The third-order valence-electron chi connectivity index (χ3n) is 10.5. The monoisotopic (exact) mass is 641 g/mol. The number of nitrogens with zero attached hydrogens (tertiary/aromatic N) is 5. The minimum atomic E-state index is -0.414. The van der Waals surface area contributed by atoms with Gasteiger partial charge in [0.05, 0.1) is 30.1 Å². The molecule has 2 aliphatic heterocycles. The molecule has 1 saturated heterocycles. The van der Waals surface area contributed by atoms with Crippen LogP contribution in [-0.4, -0.2) is 62.6 Å². The largest absolute Gasteiger partial charge is 0.494 e. The molecule has 6 rings (SSSR count). The van der Waals surface area contributed by atoms with Crippen LogP contribution in [0.2, 0.25) is 0 Å². The average molecular weight is 642 g/mol. The number of pyridine rings is 1. The Morgan fingerprint density at radius 2 is 1.83 bits per heavy atom. The number of fused-ring (bicyclic) bond motifs is 2. The Bertz CT molecular complexity index is 1760. The highest BCUT2D eigenvalue weighted by Crippen LogP contribution is 2.36. The first-order chi connectivity index (χ1) is 22.6. The smallest absolute Gasteiger partial charge is 0.254 e. The van der Waals surface area contributed by atoms with Crippen molar-refractivity contribution in [1.29, 1.82) is 0 Å². The van der Waals surface area contributed by atoms with Gasteiger partial charge >= 0.3 is 0 Å². The third-order valence-corrected chi connectivity index (χ3v) is 10.5. The molecule has 0 saturated carbocycles. The number of aromatic nitrogens is 4. The van der Waals surface area contributed by atoms with Crippen LogP contribution in [-0.2, 0) is 18.4 Å². The van der Waals surface area contributed by atoms with Crippen molar-refractivity contribution in [2.24, 2.45) is 24.1 Å². The Kier molecular flexibility index (Phi) is 9.60. The first kappa shape index (κ1) is 33.0. The van der Waals surface area contributed by atoms with E-state index in [1.807, 2.05) is 50.9 Å². The zero-order chi connectivity index (χ0) is 33.3. The van der Waals surface area contributed by atoms with Crippen LogP contribution in [0.1, 0.15) is 101 Å². The molecule has 1 atom stereocenters. The SMILES string of the molecule is COc1cc(C(=O)N2CCC(CCCN)CC2)cc2nc(-c3cc4ccc5nc4n3CCCCCCC(C)(C)C(=O)N[C@@H]5C)n(C)c12. The topological polar surface area (TPSA) is 120 Å². The van der Waals surface area contributed by atoms with Crippen LogP contribution in [0.4, 0.5) is 0 Å². The van der Waals surface area contributed by atoms with Gasteiger partial charge in [0.2, 0.25) is 5.91 Å². The highest BCUT2D eigenvalue weighted by molar-refractivity contribution is 6.00. The second-order valence-electron chi connectivity index (χ2n) is 14.3. The molecule has 0 spiro atoms. The van der Waals surface area contributed by atoms with Gasteiger partial charge < -0.3 is 29.8 Å². The molecular formula is C37H51N7O3. The van der Waals surface area contributed by atoms with Crippen molar-refractivity contribution in [3.63, 3.8) is 0 Å². The average Bonchev–Trinajstić information content (AvgIpc) is 3.60. The van der Waals surface area contributed by atoms with E-state index in [-0.39, 0.29) is 17.9 Å². The molecular weight excluding hydrogens is 590 g/mol. The number of aryl methyl sites for hydroxylation is 2. The van der Waals surface area contributed by atoms with E-state index < -0.39 is 5.41 Å². The van der Waals surface area contributed by atoms with Crippen LogP contribution in [0.3, 0.4) is 0 Å².